The maximum absolute atomic E-state index is 11.6. The number of ether oxygens (including phenoxy) is 3. The van der Waals surface area contributed by atoms with Crippen molar-refractivity contribution < 1.29 is 23.8 Å². The summed E-state index contributed by atoms with van der Waals surface area (Å²) in [6.45, 7) is 4.26. The zero-order chi connectivity index (χ0) is 17.0. The predicted octanol–water partition coefficient (Wildman–Crippen LogP) is 3.07. The van der Waals surface area contributed by atoms with Crippen molar-refractivity contribution >= 4 is 34.9 Å². The van der Waals surface area contributed by atoms with Gasteiger partial charge in [0.2, 0.25) is 0 Å². The molecule has 2 rings (SSSR count). The zero-order valence-electron chi connectivity index (χ0n) is 13.0. The van der Waals surface area contributed by atoms with Gasteiger partial charge in [0.15, 0.2) is 6.10 Å². The van der Waals surface area contributed by atoms with Gasteiger partial charge in [-0.15, -0.1) is 0 Å². The summed E-state index contributed by atoms with van der Waals surface area (Å²) in [6, 6.07) is 3.14. The van der Waals surface area contributed by atoms with Crippen molar-refractivity contribution in [2.75, 3.05) is 20.3 Å². The summed E-state index contributed by atoms with van der Waals surface area (Å²) in [4.78, 5) is 16.7. The van der Waals surface area contributed by atoms with E-state index in [9.17, 15) is 4.79 Å². The highest BCUT2D eigenvalue weighted by Crippen LogP contribution is 2.33. The molecule has 6 nitrogen and oxygen atoms in total. The molecule has 0 fully saturated rings. The highest BCUT2D eigenvalue weighted by atomic mass is 35.5. The predicted molar refractivity (Wildman–Crippen MR) is 86.5 cm³/mol. The Hall–Kier alpha value is -1.50. The van der Waals surface area contributed by atoms with Gasteiger partial charge >= 0.3 is 5.97 Å². The van der Waals surface area contributed by atoms with Crippen LogP contribution in [0.1, 0.15) is 19.4 Å². The summed E-state index contributed by atoms with van der Waals surface area (Å²) in [5.74, 6) is -0.153. The molecule has 0 spiro atoms. The third kappa shape index (κ3) is 4.07. The van der Waals surface area contributed by atoms with Crippen molar-refractivity contribution in [3.63, 3.8) is 0 Å². The van der Waals surface area contributed by atoms with Crippen LogP contribution in [-0.2, 0) is 19.1 Å². The summed E-state index contributed by atoms with van der Waals surface area (Å²) < 4.78 is 15.9. The number of carbonyl (C=O) groups is 1. The summed E-state index contributed by atoms with van der Waals surface area (Å²) >= 11 is 12.2. The fourth-order valence-electron chi connectivity index (χ4n) is 2.09. The fourth-order valence-corrected chi connectivity index (χ4v) is 2.41. The summed E-state index contributed by atoms with van der Waals surface area (Å²) in [5.41, 5.74) is 1.10. The van der Waals surface area contributed by atoms with E-state index in [0.717, 1.165) is 0 Å². The van der Waals surface area contributed by atoms with Gasteiger partial charge in [0.1, 0.15) is 24.2 Å². The van der Waals surface area contributed by atoms with Crippen LogP contribution in [-0.4, -0.2) is 44.2 Å². The lowest BCUT2D eigenvalue weighted by Gasteiger charge is -2.18. The smallest absolute Gasteiger partial charge is 0.346 e. The number of hydrogen-bond donors (Lipinski definition) is 0. The molecule has 1 aliphatic heterocycles. The molecule has 1 heterocycles. The van der Waals surface area contributed by atoms with Gasteiger partial charge in [0.05, 0.1) is 17.2 Å². The highest BCUT2D eigenvalue weighted by molar-refractivity contribution is 6.42. The molecular weight excluding hydrogens is 345 g/mol. The topological polar surface area (TPSA) is 66.3 Å². The van der Waals surface area contributed by atoms with Crippen LogP contribution in [0.4, 0.5) is 0 Å². The van der Waals surface area contributed by atoms with E-state index in [2.05, 4.69) is 9.89 Å². The second-order valence-electron chi connectivity index (χ2n) is 4.76. The third-order valence-corrected chi connectivity index (χ3v) is 3.92. The van der Waals surface area contributed by atoms with Gasteiger partial charge in [0, 0.05) is 18.2 Å². The molecule has 8 heteroatoms. The van der Waals surface area contributed by atoms with E-state index in [0.29, 0.717) is 40.3 Å². The van der Waals surface area contributed by atoms with Crippen molar-refractivity contribution in [2.24, 2.45) is 5.16 Å². The molecule has 2 unspecified atom stereocenters. The standard InChI is InChI=1S/C15H17Cl2NO5/c1-4-21-13-7-22-18-14(13)9-5-10(16)11(17)6-12(9)23-8(2)15(19)20-3/h5-6,8,13H,4,7H2,1-3H3. The SMILES string of the molecule is CCOC1CON=C1c1cc(Cl)c(Cl)cc1OC(C)C(=O)OC. The Balaban J connectivity index is 2.38. The lowest BCUT2D eigenvalue weighted by molar-refractivity contribution is -0.147. The number of methoxy groups -OCH3 is 1. The Labute approximate surface area is 144 Å². The summed E-state index contributed by atoms with van der Waals surface area (Å²) in [5, 5.41) is 4.64. The van der Waals surface area contributed by atoms with Crippen LogP contribution < -0.4 is 4.74 Å². The lowest BCUT2D eigenvalue weighted by Crippen LogP contribution is -2.28. The Bertz CT molecular complexity index is 620. The number of nitrogens with zero attached hydrogens (tertiary/aromatic N) is 1. The van der Waals surface area contributed by atoms with Crippen molar-refractivity contribution in [2.45, 2.75) is 26.1 Å². The minimum atomic E-state index is -0.815. The van der Waals surface area contributed by atoms with Crippen LogP contribution in [0.25, 0.3) is 0 Å². The first-order valence-electron chi connectivity index (χ1n) is 7.03. The zero-order valence-corrected chi connectivity index (χ0v) is 14.5. The van der Waals surface area contributed by atoms with Crippen LogP contribution in [0.2, 0.25) is 10.0 Å². The van der Waals surface area contributed by atoms with E-state index in [1.165, 1.54) is 13.2 Å². The van der Waals surface area contributed by atoms with E-state index in [1.54, 1.807) is 13.0 Å². The number of esters is 1. The molecule has 1 aliphatic rings. The van der Waals surface area contributed by atoms with Gasteiger partial charge in [-0.2, -0.15) is 0 Å². The fraction of sp³-hybridized carbons (Fsp3) is 0.467. The summed E-state index contributed by atoms with van der Waals surface area (Å²) in [7, 11) is 1.29. The van der Waals surface area contributed by atoms with Crippen molar-refractivity contribution in [1.82, 2.24) is 0 Å². The first-order chi connectivity index (χ1) is 11.0. The minimum Gasteiger partial charge on any atom is -0.478 e. The van der Waals surface area contributed by atoms with Crippen molar-refractivity contribution in [1.29, 1.82) is 0 Å². The van der Waals surface area contributed by atoms with Gasteiger partial charge in [-0.25, -0.2) is 4.79 Å². The number of rotatable bonds is 6. The molecule has 0 amide bonds. The van der Waals surface area contributed by atoms with Gasteiger partial charge in [-0.3, -0.25) is 0 Å². The van der Waals surface area contributed by atoms with Gasteiger partial charge in [0.25, 0.3) is 0 Å². The van der Waals surface area contributed by atoms with Crippen molar-refractivity contribution in [3.8, 4) is 5.75 Å². The number of halogens is 2. The molecule has 23 heavy (non-hydrogen) atoms. The van der Waals surface area contributed by atoms with Crippen molar-refractivity contribution in [3.05, 3.63) is 27.7 Å². The molecule has 0 aromatic heterocycles. The number of carbonyl (C=O) groups excluding carboxylic acids is 1. The van der Waals surface area contributed by atoms with Crippen LogP contribution in [0.15, 0.2) is 17.3 Å². The monoisotopic (exact) mass is 361 g/mol. The molecule has 0 N–H and O–H groups in total. The maximum atomic E-state index is 11.6. The summed E-state index contributed by atoms with van der Waals surface area (Å²) in [6.07, 6.45) is -1.16. The van der Waals surface area contributed by atoms with E-state index in [4.69, 9.17) is 37.5 Å². The molecule has 0 saturated heterocycles. The average Bonchev–Trinajstić information content (AvgIpc) is 2.98. The Morgan fingerprint density at radius 2 is 2.13 bits per heavy atom. The molecule has 1 aromatic carbocycles. The largest absolute Gasteiger partial charge is 0.478 e. The molecule has 0 aliphatic carbocycles. The molecule has 126 valence electrons. The molecule has 2 atom stereocenters. The second kappa shape index (κ2) is 7.86. The normalized spacial score (nSPS) is 18.1. The van der Waals surface area contributed by atoms with E-state index >= 15 is 0 Å². The van der Waals surface area contributed by atoms with Crippen LogP contribution >= 0.6 is 23.2 Å². The maximum Gasteiger partial charge on any atom is 0.346 e. The first-order valence-corrected chi connectivity index (χ1v) is 7.78. The Kier molecular flexibility index (Phi) is 6.10. The highest BCUT2D eigenvalue weighted by Gasteiger charge is 2.29. The van der Waals surface area contributed by atoms with E-state index in [-0.39, 0.29) is 6.10 Å². The van der Waals surface area contributed by atoms with E-state index < -0.39 is 12.1 Å². The molecule has 0 bridgehead atoms. The van der Waals surface area contributed by atoms with Gasteiger partial charge in [-0.1, -0.05) is 28.4 Å². The number of hydrogen-bond acceptors (Lipinski definition) is 6. The number of benzene rings is 1. The van der Waals surface area contributed by atoms with Crippen LogP contribution in [0, 0.1) is 0 Å². The third-order valence-electron chi connectivity index (χ3n) is 3.20. The molecule has 0 saturated carbocycles. The average molecular weight is 362 g/mol. The minimum absolute atomic E-state index is 0.301. The molecule has 1 aromatic rings. The van der Waals surface area contributed by atoms with Gasteiger partial charge < -0.3 is 19.0 Å². The first kappa shape index (κ1) is 17.8. The second-order valence-corrected chi connectivity index (χ2v) is 5.58. The quantitative estimate of drug-likeness (QED) is 0.728. The molecule has 0 radical (unpaired) electrons. The molecular formula is C15H17Cl2NO5. The van der Waals surface area contributed by atoms with E-state index in [1.807, 2.05) is 6.92 Å². The Morgan fingerprint density at radius 3 is 2.78 bits per heavy atom. The van der Waals surface area contributed by atoms with Crippen LogP contribution in [0.5, 0.6) is 5.75 Å². The van der Waals surface area contributed by atoms with Gasteiger partial charge in [-0.05, 0) is 19.9 Å². The number of oxime groups is 1. The Morgan fingerprint density at radius 1 is 1.43 bits per heavy atom. The lowest BCUT2D eigenvalue weighted by atomic mass is 10.0. The van der Waals surface area contributed by atoms with Crippen LogP contribution in [0.3, 0.4) is 0 Å².